The van der Waals surface area contributed by atoms with Crippen LogP contribution in [0.5, 0.6) is 0 Å². The van der Waals surface area contributed by atoms with E-state index < -0.39 is 9.84 Å². The van der Waals surface area contributed by atoms with Crippen LogP contribution in [0.3, 0.4) is 0 Å². The first-order valence-electron chi connectivity index (χ1n) is 10.6. The summed E-state index contributed by atoms with van der Waals surface area (Å²) >= 11 is 1.51. The normalized spacial score (nSPS) is 21.7. The molecule has 2 aliphatic rings. The molecule has 2 aliphatic heterocycles. The first-order chi connectivity index (χ1) is 15.3. The van der Waals surface area contributed by atoms with Gasteiger partial charge in [0, 0.05) is 23.2 Å². The number of rotatable bonds is 4. The third-order valence-corrected chi connectivity index (χ3v) is 9.10. The van der Waals surface area contributed by atoms with Gasteiger partial charge in [0.2, 0.25) is 0 Å². The van der Waals surface area contributed by atoms with Crippen molar-refractivity contribution < 1.29 is 8.42 Å². The van der Waals surface area contributed by atoms with E-state index in [1.165, 1.54) is 21.7 Å². The molecule has 0 N–H and O–H groups in total. The van der Waals surface area contributed by atoms with E-state index in [0.717, 1.165) is 10.9 Å². The first-order valence-corrected chi connectivity index (χ1v) is 13.3. The molecule has 0 aliphatic carbocycles. The molecule has 4 heterocycles. The van der Waals surface area contributed by atoms with Gasteiger partial charge in [-0.1, -0.05) is 43.8 Å². The number of benzene rings is 1. The minimum absolute atomic E-state index is 0.0531. The van der Waals surface area contributed by atoms with Crippen LogP contribution in [-0.4, -0.2) is 45.8 Å². The Labute approximate surface area is 191 Å². The number of sulfone groups is 1. The van der Waals surface area contributed by atoms with Gasteiger partial charge in [-0.15, -0.1) is 0 Å². The molecule has 7 nitrogen and oxygen atoms in total. The molecule has 2 aromatic heterocycles. The number of hydrogen-bond acceptors (Lipinski definition) is 7. The molecule has 0 radical (unpaired) electrons. The minimum atomic E-state index is -3.03. The van der Waals surface area contributed by atoms with Crippen LogP contribution >= 0.6 is 11.8 Å². The minimum Gasteiger partial charge on any atom is -0.315 e. The van der Waals surface area contributed by atoms with Gasteiger partial charge in [0.25, 0.3) is 5.56 Å². The number of anilines is 1. The van der Waals surface area contributed by atoms with Crippen molar-refractivity contribution in [3.8, 4) is 0 Å². The van der Waals surface area contributed by atoms with Crippen molar-refractivity contribution >= 4 is 38.1 Å². The van der Waals surface area contributed by atoms with E-state index in [1.807, 2.05) is 17.0 Å². The Bertz CT molecular complexity index is 1360. The topological polar surface area (TPSA) is 84.1 Å². The van der Waals surface area contributed by atoms with Gasteiger partial charge >= 0.3 is 0 Å². The molecule has 3 aromatic rings. The van der Waals surface area contributed by atoms with Crippen molar-refractivity contribution in [2.75, 3.05) is 16.4 Å². The average Bonchev–Trinajstić information content (AvgIpc) is 3.25. The van der Waals surface area contributed by atoms with Gasteiger partial charge in [-0.2, -0.15) is 0 Å². The Kier molecular flexibility index (Phi) is 5.33. The van der Waals surface area contributed by atoms with Gasteiger partial charge in [-0.3, -0.25) is 14.2 Å². The highest BCUT2D eigenvalue weighted by Gasteiger charge is 2.44. The number of pyridine rings is 1. The molecule has 1 fully saturated rings. The second-order valence-corrected chi connectivity index (χ2v) is 11.9. The van der Waals surface area contributed by atoms with E-state index in [-0.39, 0.29) is 28.4 Å². The van der Waals surface area contributed by atoms with Crippen LogP contribution < -0.4 is 10.5 Å². The second kappa shape index (κ2) is 8.04. The molecule has 0 saturated carbocycles. The maximum Gasteiger partial charge on any atom is 0.258 e. The van der Waals surface area contributed by atoms with Crippen LogP contribution in [0.2, 0.25) is 0 Å². The Balaban J connectivity index is 1.52. The van der Waals surface area contributed by atoms with Gasteiger partial charge in [-0.05, 0) is 35.7 Å². The smallest absolute Gasteiger partial charge is 0.258 e. The fourth-order valence-corrected chi connectivity index (χ4v) is 7.91. The maximum atomic E-state index is 12.6. The molecular formula is C23H24N4O3S2. The van der Waals surface area contributed by atoms with Crippen LogP contribution in [-0.2, 0) is 16.4 Å². The second-order valence-electron chi connectivity index (χ2n) is 8.56. The Morgan fingerprint density at radius 1 is 1.16 bits per heavy atom. The summed E-state index contributed by atoms with van der Waals surface area (Å²) in [5.41, 5.74) is 3.28. The molecule has 0 bridgehead atoms. The quantitative estimate of drug-likeness (QED) is 0.585. The molecule has 1 saturated heterocycles. The highest BCUT2D eigenvalue weighted by molar-refractivity contribution is 8.15. The maximum absolute atomic E-state index is 12.6. The summed E-state index contributed by atoms with van der Waals surface area (Å²) in [6, 6.07) is 15.1. The average molecular weight is 469 g/mol. The predicted octanol–water partition coefficient (Wildman–Crippen LogP) is 3.09. The van der Waals surface area contributed by atoms with Crippen molar-refractivity contribution in [3.05, 3.63) is 76.3 Å². The molecular weight excluding hydrogens is 444 g/mol. The fourth-order valence-electron chi connectivity index (χ4n) is 4.13. The fraction of sp³-hybridized carbons (Fsp3) is 0.348. The van der Waals surface area contributed by atoms with Crippen molar-refractivity contribution in [1.29, 1.82) is 0 Å². The monoisotopic (exact) mass is 468 g/mol. The van der Waals surface area contributed by atoms with Gasteiger partial charge in [0.05, 0.1) is 29.8 Å². The van der Waals surface area contributed by atoms with Crippen LogP contribution in [0.4, 0.5) is 5.69 Å². The van der Waals surface area contributed by atoms with Crippen molar-refractivity contribution in [2.45, 2.75) is 37.6 Å². The van der Waals surface area contributed by atoms with E-state index >= 15 is 0 Å². The number of thioether (sulfide) groups is 1. The van der Waals surface area contributed by atoms with Crippen LogP contribution in [0, 0.1) is 0 Å². The summed E-state index contributed by atoms with van der Waals surface area (Å²) in [6.45, 7) is 4.68. The number of nitrogens with zero attached hydrogens (tertiary/aromatic N) is 4. The standard InChI is InChI=1S/C23H24N4O3S2/c1-15(2)16-6-8-18(9-7-16)27(23-25-19-13-32(29,30)14-20(19)31-23)12-17-11-22(28)26-10-4-3-5-21(26)24-17/h3-11,15,19-20H,12-14H2,1-2H3/t19-,20+/m1/s1. The molecule has 5 rings (SSSR count). The van der Waals surface area contributed by atoms with Crippen molar-refractivity contribution in [3.63, 3.8) is 0 Å². The highest BCUT2D eigenvalue weighted by atomic mass is 32.2. The summed E-state index contributed by atoms with van der Waals surface area (Å²) in [5.74, 6) is 0.678. The number of hydrogen-bond donors (Lipinski definition) is 0. The molecule has 2 atom stereocenters. The van der Waals surface area contributed by atoms with Crippen LogP contribution in [0.25, 0.3) is 5.65 Å². The van der Waals surface area contributed by atoms with E-state index in [2.05, 4.69) is 43.1 Å². The number of amidine groups is 1. The van der Waals surface area contributed by atoms with E-state index in [9.17, 15) is 13.2 Å². The molecule has 1 aromatic carbocycles. The summed E-state index contributed by atoms with van der Waals surface area (Å²) in [5, 5.41) is 0.727. The van der Waals surface area contributed by atoms with Gasteiger partial charge in [0.1, 0.15) is 5.65 Å². The predicted molar refractivity (Wildman–Crippen MR) is 129 cm³/mol. The third kappa shape index (κ3) is 4.06. The summed E-state index contributed by atoms with van der Waals surface area (Å²) in [6.07, 6.45) is 1.70. The SMILES string of the molecule is CC(C)c1ccc(N(Cc2cc(=O)n3ccccc3n2)C2=N[C@@H]3CS(=O)(=O)C[C@@H]3S2)cc1. The number of fused-ring (bicyclic) bond motifs is 2. The lowest BCUT2D eigenvalue weighted by atomic mass is 10.0. The molecule has 166 valence electrons. The molecule has 0 unspecified atom stereocenters. The zero-order chi connectivity index (χ0) is 22.5. The van der Waals surface area contributed by atoms with Gasteiger partial charge in [-0.25, -0.2) is 13.4 Å². The van der Waals surface area contributed by atoms with E-state index in [0.29, 0.717) is 23.8 Å². The van der Waals surface area contributed by atoms with Gasteiger partial charge in [0.15, 0.2) is 15.0 Å². The first kappa shape index (κ1) is 21.2. The summed E-state index contributed by atoms with van der Waals surface area (Å²) in [4.78, 5) is 24.1. The van der Waals surface area contributed by atoms with E-state index in [1.54, 1.807) is 18.3 Å². The molecule has 9 heteroatoms. The number of aromatic nitrogens is 2. The number of aliphatic imine (C=N–C) groups is 1. The van der Waals surface area contributed by atoms with Gasteiger partial charge < -0.3 is 4.90 Å². The molecule has 32 heavy (non-hydrogen) atoms. The highest BCUT2D eigenvalue weighted by Crippen LogP contribution is 2.37. The molecule has 0 amide bonds. The summed E-state index contributed by atoms with van der Waals surface area (Å²) in [7, 11) is -3.03. The Morgan fingerprint density at radius 3 is 2.66 bits per heavy atom. The van der Waals surface area contributed by atoms with Crippen LogP contribution in [0.15, 0.2) is 64.5 Å². The summed E-state index contributed by atoms with van der Waals surface area (Å²) < 4.78 is 25.5. The zero-order valence-corrected chi connectivity index (χ0v) is 19.5. The van der Waals surface area contributed by atoms with Crippen molar-refractivity contribution in [2.24, 2.45) is 4.99 Å². The third-order valence-electron chi connectivity index (χ3n) is 5.85. The van der Waals surface area contributed by atoms with Crippen LogP contribution in [0.1, 0.15) is 31.0 Å². The lowest BCUT2D eigenvalue weighted by molar-refractivity contribution is 0.601. The largest absolute Gasteiger partial charge is 0.315 e. The lowest BCUT2D eigenvalue weighted by Crippen LogP contribution is -2.29. The zero-order valence-electron chi connectivity index (χ0n) is 17.9. The lowest BCUT2D eigenvalue weighted by Gasteiger charge is -2.25. The molecule has 0 spiro atoms. The Morgan fingerprint density at radius 2 is 1.94 bits per heavy atom. The van der Waals surface area contributed by atoms with Crippen molar-refractivity contribution in [1.82, 2.24) is 9.38 Å². The Hall–Kier alpha value is -2.65. The van der Waals surface area contributed by atoms with E-state index in [4.69, 9.17) is 4.99 Å².